The zero-order valence-corrected chi connectivity index (χ0v) is 17.6. The lowest BCUT2D eigenvalue weighted by Gasteiger charge is -2.14. The van der Waals surface area contributed by atoms with E-state index in [9.17, 15) is 17.6 Å². The largest absolute Gasteiger partial charge is 0.325 e. The molecule has 0 atom stereocenters. The Bertz CT molecular complexity index is 934. The fourth-order valence-electron chi connectivity index (χ4n) is 2.00. The van der Waals surface area contributed by atoms with Crippen LogP contribution in [0.5, 0.6) is 0 Å². The summed E-state index contributed by atoms with van der Waals surface area (Å²) in [7, 11) is -4.02. The molecule has 140 valence electrons. The van der Waals surface area contributed by atoms with Gasteiger partial charge in [0.05, 0.1) is 16.3 Å². The predicted octanol–water partition coefficient (Wildman–Crippen LogP) is 4.71. The van der Waals surface area contributed by atoms with Gasteiger partial charge in [-0.05, 0) is 42.7 Å². The molecular weight excluding hydrogens is 443 g/mol. The van der Waals surface area contributed by atoms with E-state index >= 15 is 0 Å². The number of thioether (sulfide) groups is 1. The van der Waals surface area contributed by atoms with E-state index < -0.39 is 15.8 Å². The number of anilines is 2. The molecule has 0 fully saturated rings. The van der Waals surface area contributed by atoms with E-state index in [2.05, 4.69) is 26.0 Å². The Balaban J connectivity index is 2.38. The number of carbonyl (C=O) groups excluding carboxylic acids is 1. The van der Waals surface area contributed by atoms with Crippen molar-refractivity contribution in [3.63, 3.8) is 0 Å². The fraction of sp³-hybridized carbons (Fsp3) is 0.235. The van der Waals surface area contributed by atoms with E-state index in [0.29, 0.717) is 10.2 Å². The highest BCUT2D eigenvalue weighted by atomic mass is 79.9. The summed E-state index contributed by atoms with van der Waals surface area (Å²) < 4.78 is 41.9. The monoisotopic (exact) mass is 460 g/mol. The summed E-state index contributed by atoms with van der Waals surface area (Å²) in [4.78, 5) is 12.6. The van der Waals surface area contributed by atoms with Crippen LogP contribution < -0.4 is 10.0 Å². The molecule has 0 unspecified atom stereocenters. The number of halogens is 2. The highest BCUT2D eigenvalue weighted by Gasteiger charge is 2.19. The molecule has 0 bridgehead atoms. The van der Waals surface area contributed by atoms with Gasteiger partial charge in [0, 0.05) is 15.3 Å². The average molecular weight is 461 g/mol. The van der Waals surface area contributed by atoms with Gasteiger partial charge in [0.15, 0.2) is 0 Å². The van der Waals surface area contributed by atoms with Crippen LogP contribution in [0, 0.1) is 11.7 Å². The molecule has 1 amide bonds. The molecule has 2 rings (SSSR count). The van der Waals surface area contributed by atoms with Gasteiger partial charge in [-0.25, -0.2) is 12.8 Å². The maximum Gasteiger partial charge on any atom is 0.262 e. The van der Waals surface area contributed by atoms with Crippen molar-refractivity contribution in [2.75, 3.05) is 16.3 Å². The summed E-state index contributed by atoms with van der Waals surface area (Å²) in [5, 5.41) is 2.72. The van der Waals surface area contributed by atoms with Gasteiger partial charge in [0.2, 0.25) is 5.91 Å². The second-order valence-electron chi connectivity index (χ2n) is 5.74. The zero-order chi connectivity index (χ0) is 19.5. The summed E-state index contributed by atoms with van der Waals surface area (Å²) in [6.07, 6.45) is 1.82. The number of rotatable bonds is 6. The SMILES string of the molecule is CSc1ccc(S(=O)(=O)Nc2ccc(Br)cc2F)cc1NC(=O)C(C)C. The summed E-state index contributed by atoms with van der Waals surface area (Å²) in [5.74, 6) is -1.17. The van der Waals surface area contributed by atoms with Crippen molar-refractivity contribution in [2.45, 2.75) is 23.6 Å². The van der Waals surface area contributed by atoms with E-state index in [1.807, 2.05) is 6.26 Å². The number of benzene rings is 2. The third kappa shape index (κ3) is 4.99. The van der Waals surface area contributed by atoms with Gasteiger partial charge < -0.3 is 5.32 Å². The van der Waals surface area contributed by atoms with Gasteiger partial charge in [0.25, 0.3) is 10.0 Å². The van der Waals surface area contributed by atoms with Crippen molar-refractivity contribution in [3.05, 3.63) is 46.7 Å². The minimum Gasteiger partial charge on any atom is -0.325 e. The summed E-state index contributed by atoms with van der Waals surface area (Å²) in [6, 6.07) is 8.41. The smallest absolute Gasteiger partial charge is 0.262 e. The number of carbonyl (C=O) groups is 1. The molecule has 0 aliphatic rings. The van der Waals surface area contributed by atoms with Gasteiger partial charge in [-0.15, -0.1) is 11.8 Å². The van der Waals surface area contributed by atoms with Crippen LogP contribution in [0.2, 0.25) is 0 Å². The van der Waals surface area contributed by atoms with Crippen LogP contribution in [0.3, 0.4) is 0 Å². The molecular formula is C17H18BrFN2O3S2. The normalized spacial score (nSPS) is 11.5. The molecule has 0 aromatic heterocycles. The van der Waals surface area contributed by atoms with Crippen molar-refractivity contribution >= 4 is 55.0 Å². The molecule has 9 heteroatoms. The number of hydrogen-bond donors (Lipinski definition) is 2. The van der Waals surface area contributed by atoms with Gasteiger partial charge in [-0.1, -0.05) is 29.8 Å². The number of amides is 1. The molecule has 2 N–H and O–H groups in total. The molecule has 0 radical (unpaired) electrons. The number of hydrogen-bond acceptors (Lipinski definition) is 4. The van der Waals surface area contributed by atoms with Gasteiger partial charge in [0.1, 0.15) is 5.82 Å². The third-order valence-electron chi connectivity index (χ3n) is 3.44. The van der Waals surface area contributed by atoms with E-state index in [1.165, 1.54) is 42.1 Å². The molecule has 0 aliphatic heterocycles. The Kier molecular flexibility index (Phi) is 6.70. The van der Waals surface area contributed by atoms with Crippen LogP contribution in [-0.2, 0) is 14.8 Å². The first-order valence-corrected chi connectivity index (χ1v) is 11.1. The minimum absolute atomic E-state index is 0.0725. The van der Waals surface area contributed by atoms with Crippen molar-refractivity contribution < 1.29 is 17.6 Å². The summed E-state index contributed by atoms with van der Waals surface area (Å²) in [6.45, 7) is 3.49. The second kappa shape index (κ2) is 8.41. The van der Waals surface area contributed by atoms with E-state index in [1.54, 1.807) is 19.9 Å². The number of nitrogens with one attached hydrogen (secondary N) is 2. The van der Waals surface area contributed by atoms with Crippen molar-refractivity contribution in [3.8, 4) is 0 Å². The van der Waals surface area contributed by atoms with Crippen molar-refractivity contribution in [2.24, 2.45) is 5.92 Å². The standard InChI is InChI=1S/C17H18BrFN2O3S2/c1-10(2)17(22)20-15-9-12(5-7-16(15)25-3)26(23,24)21-14-6-4-11(18)8-13(14)19/h4-10,21H,1-3H3,(H,20,22). The van der Waals surface area contributed by atoms with Crippen LogP contribution in [-0.4, -0.2) is 20.6 Å². The van der Waals surface area contributed by atoms with Gasteiger partial charge >= 0.3 is 0 Å². The first-order valence-electron chi connectivity index (χ1n) is 7.61. The summed E-state index contributed by atoms with van der Waals surface area (Å²) >= 11 is 4.50. The summed E-state index contributed by atoms with van der Waals surface area (Å²) in [5.41, 5.74) is 0.241. The second-order valence-corrected chi connectivity index (χ2v) is 9.18. The van der Waals surface area contributed by atoms with E-state index in [4.69, 9.17) is 0 Å². The number of sulfonamides is 1. The van der Waals surface area contributed by atoms with Crippen molar-refractivity contribution in [1.29, 1.82) is 0 Å². The third-order valence-corrected chi connectivity index (χ3v) is 6.09. The topological polar surface area (TPSA) is 75.3 Å². The minimum atomic E-state index is -4.02. The van der Waals surface area contributed by atoms with E-state index in [-0.39, 0.29) is 22.4 Å². The molecule has 2 aromatic carbocycles. The molecule has 2 aromatic rings. The lowest BCUT2D eigenvalue weighted by atomic mass is 10.2. The lowest BCUT2D eigenvalue weighted by Crippen LogP contribution is -2.19. The predicted molar refractivity (Wildman–Crippen MR) is 107 cm³/mol. The molecule has 0 saturated heterocycles. The van der Waals surface area contributed by atoms with Crippen LogP contribution in [0.4, 0.5) is 15.8 Å². The molecule has 26 heavy (non-hydrogen) atoms. The van der Waals surface area contributed by atoms with Crippen LogP contribution in [0.25, 0.3) is 0 Å². The van der Waals surface area contributed by atoms with Crippen LogP contribution in [0.15, 0.2) is 50.7 Å². The van der Waals surface area contributed by atoms with Crippen LogP contribution >= 0.6 is 27.7 Å². The molecule has 5 nitrogen and oxygen atoms in total. The Labute approximate surface area is 164 Å². The lowest BCUT2D eigenvalue weighted by molar-refractivity contribution is -0.118. The zero-order valence-electron chi connectivity index (χ0n) is 14.3. The Morgan fingerprint density at radius 2 is 1.85 bits per heavy atom. The molecule has 0 aliphatic carbocycles. The van der Waals surface area contributed by atoms with Crippen molar-refractivity contribution in [1.82, 2.24) is 0 Å². The molecule has 0 saturated carbocycles. The fourth-order valence-corrected chi connectivity index (χ4v) is 3.97. The highest BCUT2D eigenvalue weighted by molar-refractivity contribution is 9.10. The van der Waals surface area contributed by atoms with E-state index in [0.717, 1.165) is 4.90 Å². The Morgan fingerprint density at radius 1 is 1.15 bits per heavy atom. The Morgan fingerprint density at radius 3 is 2.42 bits per heavy atom. The average Bonchev–Trinajstić information content (AvgIpc) is 2.57. The molecule has 0 spiro atoms. The highest BCUT2D eigenvalue weighted by Crippen LogP contribution is 2.30. The maximum absolute atomic E-state index is 13.9. The quantitative estimate of drug-likeness (QED) is 0.612. The Hall–Kier alpha value is -1.58. The van der Waals surface area contributed by atoms with Gasteiger partial charge in [-0.2, -0.15) is 0 Å². The maximum atomic E-state index is 13.9. The molecule has 0 heterocycles. The first kappa shape index (κ1) is 20.7. The van der Waals surface area contributed by atoms with Gasteiger partial charge in [-0.3, -0.25) is 9.52 Å². The van der Waals surface area contributed by atoms with Crippen LogP contribution in [0.1, 0.15) is 13.8 Å². The first-order chi connectivity index (χ1) is 12.1.